The van der Waals surface area contributed by atoms with Crippen molar-refractivity contribution in [1.29, 1.82) is 0 Å². The molecule has 1 aliphatic heterocycles. The second-order valence-electron chi connectivity index (χ2n) is 5.00. The van der Waals surface area contributed by atoms with Gasteiger partial charge < -0.3 is 16.4 Å². The first-order chi connectivity index (χ1) is 10.2. The van der Waals surface area contributed by atoms with E-state index in [4.69, 9.17) is 5.73 Å². The standard InChI is InChI=1S/C15H22N4OS.HI/c1-17-15(19-10-13-3-2-8-21-13)18-9-11-4-6-12(7-5-11)14(16)20;/h4-7,13H,2-3,8-10H2,1H3,(H2,16,20)(H2,17,18,19);1H. The van der Waals surface area contributed by atoms with E-state index in [2.05, 4.69) is 15.6 Å². The zero-order chi connectivity index (χ0) is 15.1. The molecule has 0 aromatic heterocycles. The van der Waals surface area contributed by atoms with Crippen LogP contribution in [-0.4, -0.2) is 36.5 Å². The maximum absolute atomic E-state index is 11.0. The average molecular weight is 434 g/mol. The summed E-state index contributed by atoms with van der Waals surface area (Å²) in [4.78, 5) is 15.2. The highest BCUT2D eigenvalue weighted by atomic mass is 127. The van der Waals surface area contributed by atoms with Crippen LogP contribution in [0.15, 0.2) is 29.3 Å². The molecular weight excluding hydrogens is 411 g/mol. The van der Waals surface area contributed by atoms with Gasteiger partial charge >= 0.3 is 0 Å². The van der Waals surface area contributed by atoms with Gasteiger partial charge in [0.25, 0.3) is 0 Å². The zero-order valence-corrected chi connectivity index (χ0v) is 15.8. The van der Waals surface area contributed by atoms with Gasteiger partial charge in [-0.25, -0.2) is 0 Å². The summed E-state index contributed by atoms with van der Waals surface area (Å²) in [5.41, 5.74) is 6.83. The number of rotatable bonds is 5. The second-order valence-corrected chi connectivity index (χ2v) is 6.41. The Morgan fingerprint density at radius 1 is 1.36 bits per heavy atom. The molecule has 0 saturated carbocycles. The van der Waals surface area contributed by atoms with Crippen molar-refractivity contribution in [3.63, 3.8) is 0 Å². The Balaban J connectivity index is 0.00000242. The molecule has 7 heteroatoms. The van der Waals surface area contributed by atoms with E-state index in [1.807, 2.05) is 23.9 Å². The Morgan fingerprint density at radius 3 is 2.64 bits per heavy atom. The number of benzene rings is 1. The molecule has 1 fully saturated rings. The van der Waals surface area contributed by atoms with Crippen LogP contribution >= 0.6 is 35.7 Å². The minimum Gasteiger partial charge on any atom is -0.366 e. The molecule has 0 bridgehead atoms. The number of primary amides is 1. The maximum atomic E-state index is 11.0. The first kappa shape index (κ1) is 19.1. The molecule has 122 valence electrons. The number of aliphatic imine (C=N–C) groups is 1. The molecule has 1 aliphatic rings. The number of hydrogen-bond donors (Lipinski definition) is 3. The van der Waals surface area contributed by atoms with E-state index >= 15 is 0 Å². The van der Waals surface area contributed by atoms with Crippen LogP contribution in [-0.2, 0) is 6.54 Å². The third-order valence-corrected chi connectivity index (χ3v) is 4.84. The van der Waals surface area contributed by atoms with Crippen LogP contribution in [0.25, 0.3) is 0 Å². The van der Waals surface area contributed by atoms with Crippen molar-refractivity contribution in [1.82, 2.24) is 10.6 Å². The molecule has 0 aliphatic carbocycles. The van der Waals surface area contributed by atoms with E-state index in [1.54, 1.807) is 19.2 Å². The predicted molar refractivity (Wildman–Crippen MR) is 104 cm³/mol. The van der Waals surface area contributed by atoms with Crippen molar-refractivity contribution in [3.8, 4) is 0 Å². The molecule has 1 amide bonds. The van der Waals surface area contributed by atoms with Gasteiger partial charge in [0.15, 0.2) is 5.96 Å². The van der Waals surface area contributed by atoms with E-state index in [0.717, 1.165) is 18.1 Å². The Hall–Kier alpha value is -0.960. The quantitative estimate of drug-likeness (QED) is 0.376. The molecule has 5 nitrogen and oxygen atoms in total. The molecule has 0 spiro atoms. The first-order valence-electron chi connectivity index (χ1n) is 7.14. The van der Waals surface area contributed by atoms with E-state index in [0.29, 0.717) is 17.4 Å². The summed E-state index contributed by atoms with van der Waals surface area (Å²) >= 11 is 2.02. The van der Waals surface area contributed by atoms with Gasteiger partial charge in [-0.2, -0.15) is 11.8 Å². The fourth-order valence-corrected chi connectivity index (χ4v) is 3.41. The lowest BCUT2D eigenvalue weighted by Gasteiger charge is -2.14. The van der Waals surface area contributed by atoms with E-state index in [9.17, 15) is 4.79 Å². The number of thioether (sulfide) groups is 1. The van der Waals surface area contributed by atoms with Crippen LogP contribution in [0.2, 0.25) is 0 Å². The van der Waals surface area contributed by atoms with E-state index in [1.165, 1.54) is 18.6 Å². The fourth-order valence-electron chi connectivity index (χ4n) is 2.21. The third kappa shape index (κ3) is 6.04. The Bertz CT molecular complexity index is 501. The number of carbonyl (C=O) groups excluding carboxylic acids is 1. The van der Waals surface area contributed by atoms with Gasteiger partial charge in [-0.15, -0.1) is 24.0 Å². The molecule has 1 aromatic carbocycles. The summed E-state index contributed by atoms with van der Waals surface area (Å²) in [7, 11) is 1.77. The molecule has 2 rings (SSSR count). The molecule has 1 unspecified atom stereocenters. The average Bonchev–Trinajstić information content (AvgIpc) is 3.01. The molecular formula is C15H23IN4OS. The van der Waals surface area contributed by atoms with Gasteiger partial charge in [0.2, 0.25) is 5.91 Å². The highest BCUT2D eigenvalue weighted by Crippen LogP contribution is 2.25. The summed E-state index contributed by atoms with van der Waals surface area (Å²) < 4.78 is 0. The minimum atomic E-state index is -0.402. The highest BCUT2D eigenvalue weighted by molar-refractivity contribution is 14.0. The van der Waals surface area contributed by atoms with Crippen molar-refractivity contribution >= 4 is 47.6 Å². The number of guanidine groups is 1. The van der Waals surface area contributed by atoms with Crippen molar-refractivity contribution in [2.24, 2.45) is 10.7 Å². The summed E-state index contributed by atoms with van der Waals surface area (Å²) in [5.74, 6) is 1.67. The van der Waals surface area contributed by atoms with E-state index < -0.39 is 5.91 Å². The summed E-state index contributed by atoms with van der Waals surface area (Å²) in [6, 6.07) is 7.27. The van der Waals surface area contributed by atoms with Crippen LogP contribution in [0.3, 0.4) is 0 Å². The number of hydrogen-bond acceptors (Lipinski definition) is 3. The van der Waals surface area contributed by atoms with Crippen LogP contribution in [0, 0.1) is 0 Å². The Labute approximate surface area is 152 Å². The topological polar surface area (TPSA) is 79.5 Å². The number of halogens is 1. The smallest absolute Gasteiger partial charge is 0.248 e. The first-order valence-corrected chi connectivity index (χ1v) is 8.19. The van der Waals surface area contributed by atoms with Crippen LogP contribution in [0.5, 0.6) is 0 Å². The van der Waals surface area contributed by atoms with Crippen LogP contribution in [0.4, 0.5) is 0 Å². The van der Waals surface area contributed by atoms with Crippen LogP contribution < -0.4 is 16.4 Å². The minimum absolute atomic E-state index is 0. The lowest BCUT2D eigenvalue weighted by Crippen LogP contribution is -2.39. The van der Waals surface area contributed by atoms with Crippen LogP contribution in [0.1, 0.15) is 28.8 Å². The van der Waals surface area contributed by atoms with E-state index in [-0.39, 0.29) is 24.0 Å². The molecule has 0 radical (unpaired) electrons. The molecule has 4 N–H and O–H groups in total. The largest absolute Gasteiger partial charge is 0.366 e. The van der Waals surface area contributed by atoms with Gasteiger partial charge in [-0.05, 0) is 36.3 Å². The Morgan fingerprint density at radius 2 is 2.09 bits per heavy atom. The van der Waals surface area contributed by atoms with Crippen molar-refractivity contribution in [3.05, 3.63) is 35.4 Å². The third-order valence-electron chi connectivity index (χ3n) is 3.44. The van der Waals surface area contributed by atoms with Crippen molar-refractivity contribution in [2.75, 3.05) is 19.3 Å². The van der Waals surface area contributed by atoms with Gasteiger partial charge in [0, 0.05) is 31.0 Å². The molecule has 1 heterocycles. The number of nitrogens with one attached hydrogen (secondary N) is 2. The zero-order valence-electron chi connectivity index (χ0n) is 12.7. The summed E-state index contributed by atoms with van der Waals surface area (Å²) in [6.45, 7) is 1.61. The number of nitrogens with two attached hydrogens (primary N) is 1. The number of nitrogens with zero attached hydrogens (tertiary/aromatic N) is 1. The monoisotopic (exact) mass is 434 g/mol. The second kappa shape index (κ2) is 9.94. The maximum Gasteiger partial charge on any atom is 0.248 e. The predicted octanol–water partition coefficient (Wildman–Crippen LogP) is 1.96. The van der Waals surface area contributed by atoms with Crippen molar-refractivity contribution < 1.29 is 4.79 Å². The lowest BCUT2D eigenvalue weighted by atomic mass is 10.1. The van der Waals surface area contributed by atoms with Gasteiger partial charge in [-0.3, -0.25) is 9.79 Å². The molecule has 1 atom stereocenters. The molecule has 1 saturated heterocycles. The van der Waals surface area contributed by atoms with Gasteiger partial charge in [0.05, 0.1) is 0 Å². The number of amides is 1. The van der Waals surface area contributed by atoms with Gasteiger partial charge in [-0.1, -0.05) is 12.1 Å². The SMILES string of the molecule is CN=C(NCc1ccc(C(N)=O)cc1)NCC1CCCS1.I. The normalized spacial score (nSPS) is 17.7. The van der Waals surface area contributed by atoms with Crippen molar-refractivity contribution in [2.45, 2.75) is 24.6 Å². The summed E-state index contributed by atoms with van der Waals surface area (Å²) in [6.07, 6.45) is 2.60. The fraction of sp³-hybridized carbons (Fsp3) is 0.467. The number of carbonyl (C=O) groups is 1. The molecule has 22 heavy (non-hydrogen) atoms. The lowest BCUT2D eigenvalue weighted by molar-refractivity contribution is 0.100. The summed E-state index contributed by atoms with van der Waals surface area (Å²) in [5, 5.41) is 7.32. The highest BCUT2D eigenvalue weighted by Gasteiger charge is 2.15. The van der Waals surface area contributed by atoms with Gasteiger partial charge in [0.1, 0.15) is 0 Å². The molecule has 1 aromatic rings. The Kier molecular flexibility index (Phi) is 8.62.